The Bertz CT molecular complexity index is 1420. The van der Waals surface area contributed by atoms with Crippen molar-refractivity contribution in [2.24, 2.45) is 0 Å². The molecule has 3 aromatic heterocycles. The second-order valence-corrected chi connectivity index (χ2v) is 9.16. The number of aryl methyl sites for hydroxylation is 2. The van der Waals surface area contributed by atoms with Crippen LogP contribution in [0.2, 0.25) is 0 Å². The molecule has 0 aliphatic carbocycles. The Labute approximate surface area is 192 Å². The molecule has 1 amide bonds. The number of amides is 1. The van der Waals surface area contributed by atoms with Gasteiger partial charge in [-0.2, -0.15) is 0 Å². The van der Waals surface area contributed by atoms with Crippen molar-refractivity contribution in [1.29, 1.82) is 0 Å². The number of nitrogens with zero attached hydrogens (tertiary/aromatic N) is 4. The Morgan fingerprint density at radius 3 is 2.84 bits per heavy atom. The maximum Gasteiger partial charge on any atom is 0.236 e. The van der Waals surface area contributed by atoms with Gasteiger partial charge in [0.2, 0.25) is 5.91 Å². The molecule has 0 saturated carbocycles. The molecule has 5 aromatic rings. The zero-order chi connectivity index (χ0) is 22.1. The van der Waals surface area contributed by atoms with Crippen LogP contribution in [0.3, 0.4) is 0 Å². The Morgan fingerprint density at radius 2 is 2.03 bits per heavy atom. The summed E-state index contributed by atoms with van der Waals surface area (Å²) in [6.45, 7) is 3.95. The molecule has 5 rings (SSSR count). The van der Waals surface area contributed by atoms with E-state index in [-0.39, 0.29) is 11.7 Å². The first-order chi connectivity index (χ1) is 15.6. The minimum absolute atomic E-state index is 0.128. The largest absolute Gasteiger partial charge is 0.360 e. The lowest BCUT2D eigenvalue weighted by Gasteiger charge is -2.11. The van der Waals surface area contributed by atoms with E-state index in [1.165, 1.54) is 23.1 Å². The normalized spacial score (nSPS) is 11.2. The highest BCUT2D eigenvalue weighted by molar-refractivity contribution is 7.99. The fraction of sp³-hybridized carbons (Fsp3) is 0.130. The summed E-state index contributed by atoms with van der Waals surface area (Å²) < 4.78 is 2.01. The van der Waals surface area contributed by atoms with Crippen LogP contribution in [-0.2, 0) is 4.79 Å². The highest BCUT2D eigenvalue weighted by Crippen LogP contribution is 2.32. The number of thioether (sulfide) groups is 1. The monoisotopic (exact) mass is 460 g/mol. The number of hydrogen-bond donors (Lipinski definition) is 2. The van der Waals surface area contributed by atoms with Crippen LogP contribution < -0.4 is 5.32 Å². The predicted octanol–water partition coefficient (Wildman–Crippen LogP) is 5.22. The first kappa shape index (κ1) is 20.5. The lowest BCUT2D eigenvalue weighted by Crippen LogP contribution is -2.14. The van der Waals surface area contributed by atoms with E-state index in [1.54, 1.807) is 0 Å². The number of fused-ring (bicyclic) bond motifs is 1. The second kappa shape index (κ2) is 8.60. The number of aromatic nitrogens is 5. The van der Waals surface area contributed by atoms with Gasteiger partial charge in [0.25, 0.3) is 0 Å². The summed E-state index contributed by atoms with van der Waals surface area (Å²) in [5.74, 6) is 0.805. The number of benzene rings is 2. The summed E-state index contributed by atoms with van der Waals surface area (Å²) in [5, 5.41) is 16.0. The number of nitrogens with one attached hydrogen (secondary N) is 2. The van der Waals surface area contributed by atoms with Gasteiger partial charge in [-0.15, -0.1) is 21.5 Å². The van der Waals surface area contributed by atoms with Gasteiger partial charge in [-0.1, -0.05) is 42.1 Å². The minimum Gasteiger partial charge on any atom is -0.360 e. The summed E-state index contributed by atoms with van der Waals surface area (Å²) in [6.07, 6.45) is 1.95. The number of anilines is 1. The predicted molar refractivity (Wildman–Crippen MR) is 130 cm³/mol. The quantitative estimate of drug-likeness (QED) is 0.339. The topological polar surface area (TPSA) is 88.5 Å². The molecule has 0 fully saturated rings. The SMILES string of the molecule is Cc1cccc(-n2c(SCC(=O)Nc3nc(C)cs3)nnc2-c2c[nH]c3ccccc23)c1. The number of hydrogen-bond acceptors (Lipinski definition) is 6. The van der Waals surface area contributed by atoms with Gasteiger partial charge in [-0.25, -0.2) is 4.98 Å². The number of aromatic amines is 1. The van der Waals surface area contributed by atoms with Crippen molar-refractivity contribution in [2.45, 2.75) is 19.0 Å². The minimum atomic E-state index is -0.128. The van der Waals surface area contributed by atoms with Gasteiger partial charge < -0.3 is 10.3 Å². The second-order valence-electron chi connectivity index (χ2n) is 7.36. The molecular weight excluding hydrogens is 440 g/mol. The molecule has 32 heavy (non-hydrogen) atoms. The van der Waals surface area contributed by atoms with Crippen molar-refractivity contribution >= 4 is 45.0 Å². The zero-order valence-corrected chi connectivity index (χ0v) is 19.1. The van der Waals surface area contributed by atoms with Gasteiger partial charge in [-0.3, -0.25) is 9.36 Å². The Morgan fingerprint density at radius 1 is 1.16 bits per heavy atom. The Hall–Kier alpha value is -3.43. The average molecular weight is 461 g/mol. The number of H-pyrrole nitrogens is 1. The molecule has 0 aliphatic rings. The molecular formula is C23H20N6OS2. The Balaban J connectivity index is 1.49. The van der Waals surface area contributed by atoms with Crippen LogP contribution >= 0.6 is 23.1 Å². The van der Waals surface area contributed by atoms with E-state index >= 15 is 0 Å². The van der Waals surface area contributed by atoms with E-state index in [9.17, 15) is 4.79 Å². The van der Waals surface area contributed by atoms with E-state index in [0.717, 1.165) is 39.2 Å². The third-order valence-corrected chi connectivity index (χ3v) is 6.73. The van der Waals surface area contributed by atoms with E-state index in [1.807, 2.05) is 53.4 Å². The molecule has 0 aliphatic heterocycles. The van der Waals surface area contributed by atoms with Crippen LogP contribution in [0.1, 0.15) is 11.3 Å². The first-order valence-corrected chi connectivity index (χ1v) is 11.9. The molecule has 0 unspecified atom stereocenters. The maximum absolute atomic E-state index is 12.5. The molecule has 0 saturated heterocycles. The summed E-state index contributed by atoms with van der Waals surface area (Å²) in [4.78, 5) is 20.1. The summed E-state index contributed by atoms with van der Waals surface area (Å²) >= 11 is 2.77. The van der Waals surface area contributed by atoms with Crippen LogP contribution in [0.15, 0.2) is 65.3 Å². The molecule has 2 N–H and O–H groups in total. The number of para-hydroxylation sites is 1. The van der Waals surface area contributed by atoms with Crippen molar-refractivity contribution in [3.63, 3.8) is 0 Å². The molecule has 160 valence electrons. The van der Waals surface area contributed by atoms with E-state index in [4.69, 9.17) is 0 Å². The van der Waals surface area contributed by atoms with E-state index in [2.05, 4.69) is 50.6 Å². The van der Waals surface area contributed by atoms with Gasteiger partial charge >= 0.3 is 0 Å². The van der Waals surface area contributed by atoms with Crippen molar-refractivity contribution in [1.82, 2.24) is 24.7 Å². The van der Waals surface area contributed by atoms with E-state index in [0.29, 0.717) is 10.3 Å². The summed E-state index contributed by atoms with van der Waals surface area (Å²) in [7, 11) is 0. The summed E-state index contributed by atoms with van der Waals surface area (Å²) in [5.41, 5.74) is 4.97. The fourth-order valence-corrected chi connectivity index (χ4v) is 4.95. The first-order valence-electron chi connectivity index (χ1n) is 10.0. The molecule has 0 radical (unpaired) electrons. The van der Waals surface area contributed by atoms with Crippen LogP contribution in [0.25, 0.3) is 28.0 Å². The average Bonchev–Trinajstić information content (AvgIpc) is 3.50. The smallest absolute Gasteiger partial charge is 0.236 e. The van der Waals surface area contributed by atoms with Gasteiger partial charge in [0.15, 0.2) is 16.1 Å². The molecule has 0 bridgehead atoms. The lowest BCUT2D eigenvalue weighted by atomic mass is 10.1. The van der Waals surface area contributed by atoms with Crippen molar-refractivity contribution in [2.75, 3.05) is 11.1 Å². The lowest BCUT2D eigenvalue weighted by molar-refractivity contribution is -0.113. The molecule has 0 atom stereocenters. The Kier molecular flexibility index (Phi) is 5.50. The number of rotatable bonds is 6. The number of carbonyl (C=O) groups is 1. The highest BCUT2D eigenvalue weighted by atomic mass is 32.2. The van der Waals surface area contributed by atoms with Gasteiger partial charge in [0.05, 0.1) is 11.4 Å². The van der Waals surface area contributed by atoms with E-state index < -0.39 is 0 Å². The van der Waals surface area contributed by atoms with Crippen molar-refractivity contribution in [3.8, 4) is 17.1 Å². The molecule has 2 aromatic carbocycles. The summed E-state index contributed by atoms with van der Waals surface area (Å²) in [6, 6.07) is 16.3. The van der Waals surface area contributed by atoms with Gasteiger partial charge in [-0.05, 0) is 37.6 Å². The van der Waals surface area contributed by atoms with Crippen LogP contribution in [0.4, 0.5) is 5.13 Å². The van der Waals surface area contributed by atoms with Crippen LogP contribution in [0.5, 0.6) is 0 Å². The van der Waals surface area contributed by atoms with Crippen LogP contribution in [0, 0.1) is 13.8 Å². The fourth-order valence-electron chi connectivity index (χ4n) is 3.49. The molecule has 9 heteroatoms. The number of carbonyl (C=O) groups excluding carboxylic acids is 1. The zero-order valence-electron chi connectivity index (χ0n) is 17.5. The maximum atomic E-state index is 12.5. The third kappa shape index (κ3) is 4.04. The number of thiazole rings is 1. The van der Waals surface area contributed by atoms with Gasteiger partial charge in [0.1, 0.15) is 0 Å². The highest BCUT2D eigenvalue weighted by Gasteiger charge is 2.20. The van der Waals surface area contributed by atoms with Crippen LogP contribution in [-0.4, -0.2) is 36.4 Å². The molecule has 3 heterocycles. The standard InChI is InChI=1S/C23H20N6OS2/c1-14-6-5-7-16(10-14)29-21(18-11-24-19-9-4-3-8-17(18)19)27-28-23(29)32-13-20(30)26-22-25-15(2)12-31-22/h3-12,24H,13H2,1-2H3,(H,25,26,30). The molecule has 0 spiro atoms. The van der Waals surface area contributed by atoms with Gasteiger partial charge in [0, 0.05) is 33.7 Å². The third-order valence-electron chi connectivity index (χ3n) is 4.92. The van der Waals surface area contributed by atoms with Crippen molar-refractivity contribution in [3.05, 3.63) is 71.4 Å². The molecule has 7 nitrogen and oxygen atoms in total. The van der Waals surface area contributed by atoms with Crippen molar-refractivity contribution < 1.29 is 4.79 Å².